The standard InChI is InChI=1S/C18H22ClN3O5S2/c1-13(21-28(24,25)16-10-6-15(19)7-11-16)18(23)20-12-14-4-8-17(9-5-14)29(26,27)22(2)3/h4-11,13,21H,12H2,1-3H3,(H,20,23). The number of rotatable bonds is 8. The van der Waals surface area contributed by atoms with Crippen LogP contribution in [0.25, 0.3) is 0 Å². The van der Waals surface area contributed by atoms with Crippen molar-refractivity contribution < 1.29 is 21.6 Å². The molecule has 0 heterocycles. The fourth-order valence-electron chi connectivity index (χ4n) is 2.30. The fraction of sp³-hybridized carbons (Fsp3) is 0.278. The molecule has 2 N–H and O–H groups in total. The summed E-state index contributed by atoms with van der Waals surface area (Å²) < 4.78 is 52.2. The molecule has 1 amide bonds. The van der Waals surface area contributed by atoms with E-state index in [1.807, 2.05) is 0 Å². The minimum atomic E-state index is -3.88. The number of nitrogens with one attached hydrogen (secondary N) is 2. The molecule has 158 valence electrons. The zero-order valence-corrected chi connectivity index (χ0v) is 18.5. The zero-order chi connectivity index (χ0) is 21.8. The molecule has 2 rings (SSSR count). The maximum absolute atomic E-state index is 12.3. The Kier molecular flexibility index (Phi) is 7.41. The highest BCUT2D eigenvalue weighted by molar-refractivity contribution is 7.89. The summed E-state index contributed by atoms with van der Waals surface area (Å²) >= 11 is 5.75. The van der Waals surface area contributed by atoms with E-state index in [0.29, 0.717) is 10.6 Å². The van der Waals surface area contributed by atoms with Gasteiger partial charge in [0.25, 0.3) is 0 Å². The molecule has 0 saturated heterocycles. The summed E-state index contributed by atoms with van der Waals surface area (Å²) in [6, 6.07) is 10.6. The summed E-state index contributed by atoms with van der Waals surface area (Å²) in [7, 11) is -4.52. The van der Waals surface area contributed by atoms with E-state index in [2.05, 4.69) is 10.0 Å². The lowest BCUT2D eigenvalue weighted by atomic mass is 10.2. The predicted octanol–water partition coefficient (Wildman–Crippen LogP) is 1.57. The number of carbonyl (C=O) groups is 1. The lowest BCUT2D eigenvalue weighted by molar-refractivity contribution is -0.122. The van der Waals surface area contributed by atoms with Crippen LogP contribution in [-0.4, -0.2) is 47.2 Å². The normalized spacial score (nSPS) is 13.3. The van der Waals surface area contributed by atoms with Gasteiger partial charge in [-0.05, 0) is 48.9 Å². The fourth-order valence-corrected chi connectivity index (χ4v) is 4.53. The average molecular weight is 460 g/mol. The molecule has 0 saturated carbocycles. The summed E-state index contributed by atoms with van der Waals surface area (Å²) in [4.78, 5) is 12.4. The van der Waals surface area contributed by atoms with Gasteiger partial charge >= 0.3 is 0 Å². The van der Waals surface area contributed by atoms with Crippen molar-refractivity contribution in [1.82, 2.24) is 14.3 Å². The van der Waals surface area contributed by atoms with Crippen LogP contribution in [0.2, 0.25) is 5.02 Å². The number of benzene rings is 2. The van der Waals surface area contributed by atoms with Crippen LogP contribution >= 0.6 is 11.6 Å². The van der Waals surface area contributed by atoms with Crippen LogP contribution in [0, 0.1) is 0 Å². The van der Waals surface area contributed by atoms with Gasteiger partial charge in [-0.25, -0.2) is 21.1 Å². The Morgan fingerprint density at radius 1 is 0.966 bits per heavy atom. The molecule has 0 fully saturated rings. The van der Waals surface area contributed by atoms with Crippen molar-refractivity contribution in [3.8, 4) is 0 Å². The van der Waals surface area contributed by atoms with Crippen LogP contribution < -0.4 is 10.0 Å². The molecule has 0 aromatic heterocycles. The minimum absolute atomic E-state index is 0.000703. The molecular weight excluding hydrogens is 438 g/mol. The van der Waals surface area contributed by atoms with E-state index in [1.165, 1.54) is 57.4 Å². The molecule has 2 aromatic rings. The Bertz CT molecular complexity index is 1070. The monoisotopic (exact) mass is 459 g/mol. The average Bonchev–Trinajstić information content (AvgIpc) is 2.66. The highest BCUT2D eigenvalue weighted by Crippen LogP contribution is 2.15. The predicted molar refractivity (Wildman–Crippen MR) is 110 cm³/mol. The second-order valence-corrected chi connectivity index (χ2v) is 10.7. The number of carbonyl (C=O) groups excluding carboxylic acids is 1. The van der Waals surface area contributed by atoms with Crippen LogP contribution in [0.5, 0.6) is 0 Å². The summed E-state index contributed by atoms with van der Waals surface area (Å²) in [5.74, 6) is -0.521. The van der Waals surface area contributed by atoms with Gasteiger partial charge in [-0.2, -0.15) is 4.72 Å². The summed E-state index contributed by atoms with van der Waals surface area (Å²) in [6.45, 7) is 1.55. The van der Waals surface area contributed by atoms with Crippen molar-refractivity contribution >= 4 is 37.6 Å². The van der Waals surface area contributed by atoms with E-state index in [4.69, 9.17) is 11.6 Å². The number of nitrogens with zero attached hydrogens (tertiary/aromatic N) is 1. The van der Waals surface area contributed by atoms with Crippen LogP contribution in [-0.2, 0) is 31.4 Å². The summed E-state index contributed by atoms with van der Waals surface area (Å²) in [5, 5.41) is 3.02. The number of halogens is 1. The minimum Gasteiger partial charge on any atom is -0.351 e. The van der Waals surface area contributed by atoms with Gasteiger partial charge in [0, 0.05) is 25.7 Å². The number of hydrogen-bond donors (Lipinski definition) is 2. The summed E-state index contributed by atoms with van der Waals surface area (Å²) in [5.41, 5.74) is 0.670. The lowest BCUT2D eigenvalue weighted by Crippen LogP contribution is -2.44. The van der Waals surface area contributed by atoms with Crippen LogP contribution in [0.3, 0.4) is 0 Å². The van der Waals surface area contributed by atoms with Gasteiger partial charge < -0.3 is 5.32 Å². The van der Waals surface area contributed by atoms with Gasteiger partial charge in [0.2, 0.25) is 26.0 Å². The van der Waals surface area contributed by atoms with E-state index >= 15 is 0 Å². The SMILES string of the molecule is CC(NS(=O)(=O)c1ccc(Cl)cc1)C(=O)NCc1ccc(S(=O)(=O)N(C)C)cc1. The molecular formula is C18H22ClN3O5S2. The van der Waals surface area contributed by atoms with Gasteiger partial charge in [0.1, 0.15) is 0 Å². The quantitative estimate of drug-likeness (QED) is 0.622. The third-order valence-electron chi connectivity index (χ3n) is 4.02. The number of hydrogen-bond acceptors (Lipinski definition) is 5. The Labute approximate surface area is 176 Å². The van der Waals surface area contributed by atoms with Crippen molar-refractivity contribution in [2.45, 2.75) is 29.3 Å². The topological polar surface area (TPSA) is 113 Å². The second kappa shape index (κ2) is 9.23. The number of sulfonamides is 2. The van der Waals surface area contributed by atoms with Crippen molar-refractivity contribution in [3.05, 3.63) is 59.1 Å². The molecule has 0 aliphatic heterocycles. The van der Waals surface area contributed by atoms with Crippen molar-refractivity contribution in [1.29, 1.82) is 0 Å². The molecule has 1 unspecified atom stereocenters. The highest BCUT2D eigenvalue weighted by atomic mass is 35.5. The summed E-state index contributed by atoms with van der Waals surface area (Å²) in [6.07, 6.45) is 0. The first kappa shape index (κ1) is 23.3. The van der Waals surface area contributed by atoms with Crippen LogP contribution in [0.4, 0.5) is 0 Å². The van der Waals surface area contributed by atoms with E-state index in [9.17, 15) is 21.6 Å². The van der Waals surface area contributed by atoms with Gasteiger partial charge in [0.15, 0.2) is 0 Å². The highest BCUT2D eigenvalue weighted by Gasteiger charge is 2.22. The molecule has 0 bridgehead atoms. The maximum Gasteiger partial charge on any atom is 0.242 e. The molecule has 0 aliphatic carbocycles. The molecule has 0 aliphatic rings. The van der Waals surface area contributed by atoms with Gasteiger partial charge in [-0.1, -0.05) is 23.7 Å². The first-order valence-corrected chi connectivity index (χ1v) is 11.8. The Balaban J connectivity index is 1.97. The Morgan fingerprint density at radius 2 is 1.48 bits per heavy atom. The largest absolute Gasteiger partial charge is 0.351 e. The first-order valence-electron chi connectivity index (χ1n) is 8.50. The van der Waals surface area contributed by atoms with Crippen molar-refractivity contribution in [3.63, 3.8) is 0 Å². The van der Waals surface area contributed by atoms with E-state index < -0.39 is 32.0 Å². The van der Waals surface area contributed by atoms with Crippen molar-refractivity contribution in [2.24, 2.45) is 0 Å². The second-order valence-electron chi connectivity index (χ2n) is 6.45. The first-order chi connectivity index (χ1) is 13.4. The van der Waals surface area contributed by atoms with E-state index in [-0.39, 0.29) is 16.3 Å². The van der Waals surface area contributed by atoms with Crippen LogP contribution in [0.1, 0.15) is 12.5 Å². The lowest BCUT2D eigenvalue weighted by Gasteiger charge is -2.15. The molecule has 0 spiro atoms. The third kappa shape index (κ3) is 6.00. The molecule has 11 heteroatoms. The van der Waals surface area contributed by atoms with E-state index in [1.54, 1.807) is 12.1 Å². The maximum atomic E-state index is 12.3. The third-order valence-corrected chi connectivity index (χ3v) is 7.66. The molecule has 0 radical (unpaired) electrons. The van der Waals surface area contributed by atoms with Crippen molar-refractivity contribution in [2.75, 3.05) is 14.1 Å². The molecule has 29 heavy (non-hydrogen) atoms. The smallest absolute Gasteiger partial charge is 0.242 e. The molecule has 8 nitrogen and oxygen atoms in total. The van der Waals surface area contributed by atoms with Gasteiger partial charge in [-0.15, -0.1) is 0 Å². The van der Waals surface area contributed by atoms with E-state index in [0.717, 1.165) is 4.31 Å². The van der Waals surface area contributed by atoms with Gasteiger partial charge in [0.05, 0.1) is 15.8 Å². The Hall–Kier alpha value is -1.98. The molecule has 2 aromatic carbocycles. The molecule has 1 atom stereocenters. The Morgan fingerprint density at radius 3 is 2.00 bits per heavy atom. The van der Waals surface area contributed by atoms with Crippen LogP contribution in [0.15, 0.2) is 58.3 Å². The zero-order valence-electron chi connectivity index (χ0n) is 16.1. The number of amides is 1. The van der Waals surface area contributed by atoms with Gasteiger partial charge in [-0.3, -0.25) is 4.79 Å².